The second kappa shape index (κ2) is 6.64. The molecule has 1 saturated heterocycles. The number of carbonyl (C=O) groups excluding carboxylic acids is 1. The summed E-state index contributed by atoms with van der Waals surface area (Å²) < 4.78 is 0. The third-order valence-corrected chi connectivity index (χ3v) is 3.96. The number of rotatable bonds is 5. The van der Waals surface area contributed by atoms with Gasteiger partial charge in [0.15, 0.2) is 5.69 Å². The van der Waals surface area contributed by atoms with Crippen molar-refractivity contribution in [2.45, 2.75) is 32.6 Å². The van der Waals surface area contributed by atoms with Crippen LogP contribution >= 0.6 is 0 Å². The quantitative estimate of drug-likeness (QED) is 0.891. The minimum atomic E-state index is -0.169. The minimum Gasteiger partial charge on any atom is -0.371 e. The summed E-state index contributed by atoms with van der Waals surface area (Å²) in [6.45, 7) is 4.29. The maximum atomic E-state index is 12.3. The van der Waals surface area contributed by atoms with Gasteiger partial charge in [-0.3, -0.25) is 9.89 Å². The fourth-order valence-electron chi connectivity index (χ4n) is 2.83. The molecule has 1 aromatic carbocycles. The van der Waals surface area contributed by atoms with E-state index in [1.807, 2.05) is 24.3 Å². The van der Waals surface area contributed by atoms with E-state index in [0.717, 1.165) is 37.3 Å². The third-order valence-electron chi connectivity index (χ3n) is 3.96. The van der Waals surface area contributed by atoms with Crippen molar-refractivity contribution in [1.29, 1.82) is 0 Å². The van der Waals surface area contributed by atoms with Gasteiger partial charge in [-0.05, 0) is 43.5 Å². The van der Waals surface area contributed by atoms with Crippen LogP contribution in [0.1, 0.15) is 42.4 Å². The summed E-state index contributed by atoms with van der Waals surface area (Å²) in [7, 11) is 0. The summed E-state index contributed by atoms with van der Waals surface area (Å²) in [4.78, 5) is 14.6. The zero-order valence-corrected chi connectivity index (χ0v) is 12.9. The van der Waals surface area contributed by atoms with Crippen LogP contribution in [0.15, 0.2) is 30.3 Å². The lowest BCUT2D eigenvalue weighted by Gasteiger charge is -2.18. The SMILES string of the molecule is CCCc1cc(C(=O)Nc2cccc(N3CCCC3)c2)n[nH]1. The smallest absolute Gasteiger partial charge is 0.276 e. The van der Waals surface area contributed by atoms with E-state index >= 15 is 0 Å². The number of anilines is 2. The Balaban J connectivity index is 1.69. The van der Waals surface area contributed by atoms with Crippen molar-refractivity contribution in [2.24, 2.45) is 0 Å². The highest BCUT2D eigenvalue weighted by Crippen LogP contribution is 2.23. The number of benzene rings is 1. The van der Waals surface area contributed by atoms with Crippen LogP contribution in [0.4, 0.5) is 11.4 Å². The first-order chi connectivity index (χ1) is 10.8. The van der Waals surface area contributed by atoms with Crippen LogP contribution in [0, 0.1) is 0 Å². The summed E-state index contributed by atoms with van der Waals surface area (Å²) >= 11 is 0. The van der Waals surface area contributed by atoms with Crippen molar-refractivity contribution < 1.29 is 4.79 Å². The first-order valence-electron chi connectivity index (χ1n) is 7.97. The number of aromatic nitrogens is 2. The summed E-state index contributed by atoms with van der Waals surface area (Å²) in [5.74, 6) is -0.169. The molecule has 5 heteroatoms. The normalized spacial score (nSPS) is 14.3. The van der Waals surface area contributed by atoms with Crippen LogP contribution in [0.25, 0.3) is 0 Å². The molecule has 1 fully saturated rings. The summed E-state index contributed by atoms with van der Waals surface area (Å²) in [5, 5.41) is 9.92. The summed E-state index contributed by atoms with van der Waals surface area (Å²) in [6.07, 6.45) is 4.42. The molecule has 22 heavy (non-hydrogen) atoms. The zero-order chi connectivity index (χ0) is 15.4. The average molecular weight is 298 g/mol. The Labute approximate surface area is 130 Å². The fourth-order valence-corrected chi connectivity index (χ4v) is 2.83. The second-order valence-corrected chi connectivity index (χ2v) is 5.73. The van der Waals surface area contributed by atoms with Crippen molar-refractivity contribution >= 4 is 17.3 Å². The van der Waals surface area contributed by atoms with Gasteiger partial charge < -0.3 is 10.2 Å². The first kappa shape index (κ1) is 14.6. The molecule has 1 aliphatic rings. The van der Waals surface area contributed by atoms with E-state index in [0.29, 0.717) is 5.69 Å². The lowest BCUT2D eigenvalue weighted by molar-refractivity contribution is 0.102. The van der Waals surface area contributed by atoms with Crippen molar-refractivity contribution in [3.63, 3.8) is 0 Å². The van der Waals surface area contributed by atoms with E-state index in [1.165, 1.54) is 18.5 Å². The fraction of sp³-hybridized carbons (Fsp3) is 0.412. The third kappa shape index (κ3) is 3.30. The van der Waals surface area contributed by atoms with E-state index in [1.54, 1.807) is 0 Å². The number of aromatic amines is 1. The molecular formula is C17H22N4O. The molecule has 0 bridgehead atoms. The maximum absolute atomic E-state index is 12.3. The minimum absolute atomic E-state index is 0.169. The predicted molar refractivity (Wildman–Crippen MR) is 88.4 cm³/mol. The van der Waals surface area contributed by atoms with Gasteiger partial charge in [-0.25, -0.2) is 0 Å². The Bertz CT molecular complexity index is 644. The van der Waals surface area contributed by atoms with Crippen LogP contribution in [0.3, 0.4) is 0 Å². The van der Waals surface area contributed by atoms with Crippen LogP contribution in [-0.4, -0.2) is 29.2 Å². The van der Waals surface area contributed by atoms with Gasteiger partial charge in [0.1, 0.15) is 0 Å². The monoisotopic (exact) mass is 298 g/mol. The lowest BCUT2D eigenvalue weighted by atomic mass is 10.2. The number of H-pyrrole nitrogens is 1. The number of carbonyl (C=O) groups is 1. The Morgan fingerprint density at radius 2 is 2.14 bits per heavy atom. The zero-order valence-electron chi connectivity index (χ0n) is 12.9. The second-order valence-electron chi connectivity index (χ2n) is 5.73. The number of amides is 1. The van der Waals surface area contributed by atoms with Gasteiger partial charge in [-0.2, -0.15) is 5.10 Å². The van der Waals surface area contributed by atoms with Gasteiger partial charge in [-0.1, -0.05) is 19.4 Å². The Kier molecular flexibility index (Phi) is 4.42. The van der Waals surface area contributed by atoms with E-state index in [-0.39, 0.29) is 5.91 Å². The van der Waals surface area contributed by atoms with Crippen molar-refractivity contribution in [1.82, 2.24) is 10.2 Å². The number of nitrogens with one attached hydrogen (secondary N) is 2. The maximum Gasteiger partial charge on any atom is 0.276 e. The number of nitrogens with zero attached hydrogens (tertiary/aromatic N) is 2. The molecule has 1 aromatic heterocycles. The molecule has 116 valence electrons. The van der Waals surface area contributed by atoms with E-state index < -0.39 is 0 Å². The van der Waals surface area contributed by atoms with E-state index in [4.69, 9.17) is 0 Å². The molecule has 0 radical (unpaired) electrons. The molecule has 3 rings (SSSR count). The van der Waals surface area contributed by atoms with Crippen molar-refractivity contribution in [2.75, 3.05) is 23.3 Å². The van der Waals surface area contributed by atoms with Gasteiger partial charge in [0.05, 0.1) is 0 Å². The predicted octanol–water partition coefficient (Wildman–Crippen LogP) is 3.21. The molecule has 2 aromatic rings. The molecule has 0 atom stereocenters. The lowest BCUT2D eigenvalue weighted by Crippen LogP contribution is -2.18. The molecule has 2 N–H and O–H groups in total. The number of aryl methyl sites for hydroxylation is 1. The number of hydrogen-bond donors (Lipinski definition) is 2. The Hall–Kier alpha value is -2.30. The molecule has 1 amide bonds. The topological polar surface area (TPSA) is 61.0 Å². The van der Waals surface area contributed by atoms with E-state index in [2.05, 4.69) is 33.4 Å². The molecular weight excluding hydrogens is 276 g/mol. The standard InChI is InChI=1S/C17H22N4O/c1-2-6-14-12-16(20-19-14)17(22)18-13-7-5-8-15(11-13)21-9-3-4-10-21/h5,7-8,11-12H,2-4,6,9-10H2,1H3,(H,18,22)(H,19,20). The Morgan fingerprint density at radius 3 is 2.91 bits per heavy atom. The highest BCUT2D eigenvalue weighted by molar-refractivity contribution is 6.03. The van der Waals surface area contributed by atoms with E-state index in [9.17, 15) is 4.79 Å². The van der Waals surface area contributed by atoms with Crippen molar-refractivity contribution in [3.05, 3.63) is 41.7 Å². The average Bonchev–Trinajstić information content (AvgIpc) is 3.19. The summed E-state index contributed by atoms with van der Waals surface area (Å²) in [5.41, 5.74) is 3.42. The highest BCUT2D eigenvalue weighted by Gasteiger charge is 2.14. The molecule has 2 heterocycles. The first-order valence-corrected chi connectivity index (χ1v) is 7.97. The molecule has 0 spiro atoms. The van der Waals surface area contributed by atoms with Gasteiger partial charge in [0.25, 0.3) is 5.91 Å². The summed E-state index contributed by atoms with van der Waals surface area (Å²) in [6, 6.07) is 9.84. The molecule has 0 unspecified atom stereocenters. The molecule has 5 nitrogen and oxygen atoms in total. The van der Waals surface area contributed by atoms with Crippen LogP contribution < -0.4 is 10.2 Å². The molecule has 0 saturated carbocycles. The highest BCUT2D eigenvalue weighted by atomic mass is 16.1. The van der Waals surface area contributed by atoms with Gasteiger partial charge in [0.2, 0.25) is 0 Å². The van der Waals surface area contributed by atoms with Crippen LogP contribution in [0.5, 0.6) is 0 Å². The number of hydrogen-bond acceptors (Lipinski definition) is 3. The largest absolute Gasteiger partial charge is 0.371 e. The van der Waals surface area contributed by atoms with Crippen LogP contribution in [-0.2, 0) is 6.42 Å². The molecule has 1 aliphatic heterocycles. The van der Waals surface area contributed by atoms with Crippen LogP contribution in [0.2, 0.25) is 0 Å². The van der Waals surface area contributed by atoms with Crippen molar-refractivity contribution in [3.8, 4) is 0 Å². The van der Waals surface area contributed by atoms with Gasteiger partial charge in [0, 0.05) is 30.2 Å². The van der Waals surface area contributed by atoms with Gasteiger partial charge in [-0.15, -0.1) is 0 Å². The Morgan fingerprint density at radius 1 is 1.32 bits per heavy atom. The molecule has 0 aliphatic carbocycles. The van der Waals surface area contributed by atoms with Gasteiger partial charge >= 0.3 is 0 Å².